The Morgan fingerprint density at radius 2 is 2.00 bits per heavy atom. The van der Waals surface area contributed by atoms with Crippen molar-refractivity contribution in [2.24, 2.45) is 0 Å². The molecular weight excluding hydrogens is 280 g/mol. The molecule has 1 aliphatic rings. The van der Waals surface area contributed by atoms with Crippen LogP contribution in [0.1, 0.15) is 11.1 Å². The highest BCUT2D eigenvalue weighted by molar-refractivity contribution is 6.05. The third-order valence-electron chi connectivity index (χ3n) is 3.65. The highest BCUT2D eigenvalue weighted by atomic mass is 16.6. The molecule has 3 rings (SSSR count). The van der Waals surface area contributed by atoms with E-state index in [1.807, 2.05) is 24.3 Å². The van der Waals surface area contributed by atoms with Gasteiger partial charge in [-0.25, -0.2) is 0 Å². The number of non-ortho nitro benzene ring substituents is 1. The fraction of sp³-hybridized carbons (Fsp3) is 0.118. The second-order valence-corrected chi connectivity index (χ2v) is 5.05. The maximum Gasteiger partial charge on any atom is 0.270 e. The van der Waals surface area contributed by atoms with Gasteiger partial charge in [-0.1, -0.05) is 30.3 Å². The highest BCUT2D eigenvalue weighted by Crippen LogP contribution is 2.27. The Kier molecular flexibility index (Phi) is 3.70. The first-order chi connectivity index (χ1) is 10.6. The van der Waals surface area contributed by atoms with Gasteiger partial charge in [-0.3, -0.25) is 14.9 Å². The molecule has 1 heterocycles. The molecule has 0 fully saturated rings. The van der Waals surface area contributed by atoms with E-state index in [0.29, 0.717) is 12.1 Å². The van der Waals surface area contributed by atoms with Crippen LogP contribution in [0.2, 0.25) is 0 Å². The molecule has 22 heavy (non-hydrogen) atoms. The molecule has 0 radical (unpaired) electrons. The van der Waals surface area contributed by atoms with Gasteiger partial charge in [-0.05, 0) is 29.7 Å². The number of hydrogen-bond acceptors (Lipinski definition) is 3. The van der Waals surface area contributed by atoms with Gasteiger partial charge in [-0.2, -0.15) is 0 Å². The molecule has 5 nitrogen and oxygen atoms in total. The Morgan fingerprint density at radius 3 is 2.82 bits per heavy atom. The van der Waals surface area contributed by atoms with E-state index in [0.717, 1.165) is 12.1 Å². The second kappa shape index (κ2) is 5.81. The Bertz CT molecular complexity index is 768. The minimum Gasteiger partial charge on any atom is -0.308 e. The molecule has 5 heteroatoms. The molecule has 0 spiro atoms. The van der Waals surface area contributed by atoms with Gasteiger partial charge in [0.1, 0.15) is 0 Å². The molecule has 1 amide bonds. The van der Waals surface area contributed by atoms with Gasteiger partial charge in [0, 0.05) is 30.4 Å². The first kappa shape index (κ1) is 14.0. The number of nitro groups is 1. The van der Waals surface area contributed by atoms with Gasteiger partial charge in [0.15, 0.2) is 0 Å². The summed E-state index contributed by atoms with van der Waals surface area (Å²) in [6, 6.07) is 14.0. The quantitative estimate of drug-likeness (QED) is 0.496. The predicted octanol–water partition coefficient (Wildman–Crippen LogP) is 3.20. The standard InChI is InChI=1S/C17H14N2O3/c20-17(18-11-10-14-5-1-2-7-16(14)18)9-8-13-4-3-6-15(12-13)19(21)22/h1-9,12H,10-11H2/b9-8+. The molecule has 2 aromatic rings. The molecule has 0 N–H and O–H groups in total. The van der Waals surface area contributed by atoms with Crippen molar-refractivity contribution in [1.29, 1.82) is 0 Å². The monoisotopic (exact) mass is 294 g/mol. The number of benzene rings is 2. The van der Waals surface area contributed by atoms with E-state index in [4.69, 9.17) is 0 Å². The molecule has 0 unspecified atom stereocenters. The smallest absolute Gasteiger partial charge is 0.270 e. The summed E-state index contributed by atoms with van der Waals surface area (Å²) in [7, 11) is 0. The zero-order valence-electron chi connectivity index (χ0n) is 11.8. The van der Waals surface area contributed by atoms with Crippen molar-refractivity contribution in [3.05, 3.63) is 75.8 Å². The Balaban J connectivity index is 1.78. The number of anilines is 1. The molecule has 0 atom stereocenters. The van der Waals surface area contributed by atoms with E-state index in [1.165, 1.54) is 23.8 Å². The van der Waals surface area contributed by atoms with Gasteiger partial charge >= 0.3 is 0 Å². The fourth-order valence-corrected chi connectivity index (χ4v) is 2.57. The lowest BCUT2D eigenvalue weighted by molar-refractivity contribution is -0.384. The summed E-state index contributed by atoms with van der Waals surface area (Å²) in [6.07, 6.45) is 3.92. The molecule has 0 bridgehead atoms. The number of hydrogen-bond donors (Lipinski definition) is 0. The molecule has 0 aromatic heterocycles. The SMILES string of the molecule is O=C(/C=C/c1cccc([N+](=O)[O-])c1)N1CCc2ccccc21. The third-order valence-corrected chi connectivity index (χ3v) is 3.65. The zero-order valence-corrected chi connectivity index (χ0v) is 11.8. The number of carbonyl (C=O) groups is 1. The van der Waals surface area contributed by atoms with E-state index >= 15 is 0 Å². The fourth-order valence-electron chi connectivity index (χ4n) is 2.57. The van der Waals surface area contributed by atoms with Crippen LogP contribution in [0.3, 0.4) is 0 Å². The number of nitro benzene ring substituents is 1. The molecule has 2 aromatic carbocycles. The summed E-state index contributed by atoms with van der Waals surface area (Å²) in [4.78, 5) is 24.3. The first-order valence-corrected chi connectivity index (χ1v) is 6.97. The number of amides is 1. The average molecular weight is 294 g/mol. The lowest BCUT2D eigenvalue weighted by Gasteiger charge is -2.14. The summed E-state index contributed by atoms with van der Waals surface area (Å²) in [6.45, 7) is 0.664. The first-order valence-electron chi connectivity index (χ1n) is 6.97. The van der Waals surface area contributed by atoms with Crippen molar-refractivity contribution in [3.63, 3.8) is 0 Å². The van der Waals surface area contributed by atoms with Crippen LogP contribution in [0.25, 0.3) is 6.08 Å². The van der Waals surface area contributed by atoms with Crippen LogP contribution < -0.4 is 4.90 Å². The molecule has 0 saturated carbocycles. The Labute approximate surface area is 127 Å². The minimum absolute atomic E-state index is 0.0149. The third kappa shape index (κ3) is 2.74. The van der Waals surface area contributed by atoms with E-state index in [-0.39, 0.29) is 11.6 Å². The molecule has 110 valence electrons. The van der Waals surface area contributed by atoms with Crippen LogP contribution in [-0.4, -0.2) is 17.4 Å². The minimum atomic E-state index is -0.449. The van der Waals surface area contributed by atoms with Crippen LogP contribution in [0.5, 0.6) is 0 Å². The average Bonchev–Trinajstić information content (AvgIpc) is 2.97. The van der Waals surface area contributed by atoms with Gasteiger partial charge in [0.05, 0.1) is 4.92 Å². The topological polar surface area (TPSA) is 63.4 Å². The van der Waals surface area contributed by atoms with Crippen molar-refractivity contribution < 1.29 is 9.72 Å². The van der Waals surface area contributed by atoms with Crippen LogP contribution in [-0.2, 0) is 11.2 Å². The number of rotatable bonds is 3. The van der Waals surface area contributed by atoms with Gasteiger partial charge in [0.25, 0.3) is 11.6 Å². The molecule has 0 aliphatic carbocycles. The van der Waals surface area contributed by atoms with Crippen LogP contribution >= 0.6 is 0 Å². The Hall–Kier alpha value is -2.95. The predicted molar refractivity (Wildman–Crippen MR) is 84.6 cm³/mol. The molecule has 1 aliphatic heterocycles. The van der Waals surface area contributed by atoms with Gasteiger partial charge in [-0.15, -0.1) is 0 Å². The number of para-hydroxylation sites is 1. The lowest BCUT2D eigenvalue weighted by Crippen LogP contribution is -2.26. The summed E-state index contributed by atoms with van der Waals surface area (Å²) >= 11 is 0. The molecular formula is C17H14N2O3. The second-order valence-electron chi connectivity index (χ2n) is 5.05. The van der Waals surface area contributed by atoms with E-state index in [2.05, 4.69) is 0 Å². The largest absolute Gasteiger partial charge is 0.308 e. The van der Waals surface area contributed by atoms with Crippen molar-refractivity contribution in [1.82, 2.24) is 0 Å². The maximum absolute atomic E-state index is 12.3. The van der Waals surface area contributed by atoms with Crippen LogP contribution in [0.15, 0.2) is 54.6 Å². The van der Waals surface area contributed by atoms with Crippen molar-refractivity contribution in [2.45, 2.75) is 6.42 Å². The van der Waals surface area contributed by atoms with Crippen molar-refractivity contribution in [2.75, 3.05) is 11.4 Å². The normalized spacial score (nSPS) is 13.4. The summed E-state index contributed by atoms with van der Waals surface area (Å²) in [5, 5.41) is 10.7. The van der Waals surface area contributed by atoms with Crippen molar-refractivity contribution in [3.8, 4) is 0 Å². The van der Waals surface area contributed by atoms with E-state index < -0.39 is 4.92 Å². The van der Waals surface area contributed by atoms with Gasteiger partial charge < -0.3 is 4.90 Å². The number of carbonyl (C=O) groups excluding carboxylic acids is 1. The Morgan fingerprint density at radius 1 is 1.18 bits per heavy atom. The number of fused-ring (bicyclic) bond motifs is 1. The summed E-state index contributed by atoms with van der Waals surface area (Å²) < 4.78 is 0. The summed E-state index contributed by atoms with van der Waals surface area (Å²) in [5.74, 6) is -0.114. The van der Waals surface area contributed by atoms with Crippen LogP contribution in [0.4, 0.5) is 11.4 Å². The number of nitrogens with zero attached hydrogens (tertiary/aromatic N) is 2. The van der Waals surface area contributed by atoms with Gasteiger partial charge in [0.2, 0.25) is 0 Å². The molecule has 0 saturated heterocycles. The van der Waals surface area contributed by atoms with E-state index in [1.54, 1.807) is 23.1 Å². The lowest BCUT2D eigenvalue weighted by atomic mass is 10.2. The van der Waals surface area contributed by atoms with Crippen molar-refractivity contribution >= 4 is 23.4 Å². The highest BCUT2D eigenvalue weighted by Gasteiger charge is 2.22. The maximum atomic E-state index is 12.3. The zero-order chi connectivity index (χ0) is 15.5. The van der Waals surface area contributed by atoms with E-state index in [9.17, 15) is 14.9 Å². The van der Waals surface area contributed by atoms with Crippen LogP contribution in [0, 0.1) is 10.1 Å². The summed E-state index contributed by atoms with van der Waals surface area (Å²) in [5.41, 5.74) is 2.76.